The molecule has 0 aliphatic heterocycles. The second kappa shape index (κ2) is 9.63. The van der Waals surface area contributed by atoms with Gasteiger partial charge in [0.1, 0.15) is 23.0 Å². The number of methoxy groups -OCH3 is 2. The molecule has 0 spiro atoms. The van der Waals surface area contributed by atoms with Crippen molar-refractivity contribution in [2.45, 2.75) is 18.2 Å². The fourth-order valence-corrected chi connectivity index (χ4v) is 4.11. The molecule has 158 valence electrons. The van der Waals surface area contributed by atoms with Gasteiger partial charge in [-0.25, -0.2) is 0 Å². The van der Waals surface area contributed by atoms with E-state index in [0.29, 0.717) is 43.7 Å². The first kappa shape index (κ1) is 21.7. The summed E-state index contributed by atoms with van der Waals surface area (Å²) in [4.78, 5) is 24.6. The molecule has 2 heterocycles. The highest BCUT2D eigenvalue weighted by molar-refractivity contribution is 8.01. The van der Waals surface area contributed by atoms with Crippen LogP contribution < -0.4 is 20.1 Å². The molecule has 0 saturated carbocycles. The highest BCUT2D eigenvalue weighted by atomic mass is 32.2. The first-order valence-corrected chi connectivity index (χ1v) is 10.6. The van der Waals surface area contributed by atoms with Gasteiger partial charge in [0, 0.05) is 6.07 Å². The average molecular weight is 449 g/mol. The van der Waals surface area contributed by atoms with Crippen molar-refractivity contribution in [3.63, 3.8) is 0 Å². The van der Waals surface area contributed by atoms with Gasteiger partial charge in [-0.3, -0.25) is 14.9 Å². The van der Waals surface area contributed by atoms with Gasteiger partial charge in [0.05, 0.1) is 31.2 Å². The van der Waals surface area contributed by atoms with E-state index in [9.17, 15) is 9.59 Å². The molecule has 11 heteroatoms. The van der Waals surface area contributed by atoms with Crippen molar-refractivity contribution in [2.75, 3.05) is 30.6 Å². The second-order valence-corrected chi connectivity index (χ2v) is 8.26. The Morgan fingerprint density at radius 2 is 1.93 bits per heavy atom. The Kier molecular flexibility index (Phi) is 6.95. The summed E-state index contributed by atoms with van der Waals surface area (Å²) in [5.74, 6) is 1.88. The quantitative estimate of drug-likeness (QED) is 0.395. The number of nitrogens with zero attached hydrogens (tertiary/aromatic N) is 2. The van der Waals surface area contributed by atoms with Gasteiger partial charge < -0.3 is 19.2 Å². The zero-order valence-corrected chi connectivity index (χ0v) is 18.4. The summed E-state index contributed by atoms with van der Waals surface area (Å²) in [6.45, 7) is 3.49. The summed E-state index contributed by atoms with van der Waals surface area (Å²) < 4.78 is 16.3. The predicted octanol–water partition coefficient (Wildman–Crippen LogP) is 3.75. The smallest absolute Gasteiger partial charge is 0.261 e. The summed E-state index contributed by atoms with van der Waals surface area (Å²) in [7, 11) is 3.07. The lowest BCUT2D eigenvalue weighted by atomic mass is 10.2. The number of ether oxygens (including phenoxy) is 2. The van der Waals surface area contributed by atoms with Crippen LogP contribution in [0.3, 0.4) is 0 Å². The monoisotopic (exact) mass is 448 g/mol. The first-order chi connectivity index (χ1) is 14.4. The van der Waals surface area contributed by atoms with Crippen LogP contribution in [0, 0.1) is 13.8 Å². The van der Waals surface area contributed by atoms with Gasteiger partial charge in [-0.1, -0.05) is 23.1 Å². The van der Waals surface area contributed by atoms with E-state index in [1.165, 1.54) is 30.2 Å². The number of furan rings is 1. The number of aryl methyl sites for hydroxylation is 2. The van der Waals surface area contributed by atoms with Crippen LogP contribution >= 0.6 is 23.1 Å². The Morgan fingerprint density at radius 1 is 1.13 bits per heavy atom. The molecule has 9 nitrogen and oxygen atoms in total. The minimum atomic E-state index is -0.320. The molecule has 2 amide bonds. The largest absolute Gasteiger partial charge is 0.497 e. The molecule has 0 fully saturated rings. The Hall–Kier alpha value is -3.05. The molecule has 0 unspecified atom stereocenters. The van der Waals surface area contributed by atoms with Crippen LogP contribution in [-0.2, 0) is 4.79 Å². The highest BCUT2D eigenvalue weighted by Gasteiger charge is 2.16. The Balaban J connectivity index is 1.56. The van der Waals surface area contributed by atoms with Crippen molar-refractivity contribution >= 4 is 45.7 Å². The molecule has 0 atom stereocenters. The van der Waals surface area contributed by atoms with E-state index in [1.54, 1.807) is 45.2 Å². The van der Waals surface area contributed by atoms with Crippen molar-refractivity contribution in [3.05, 3.63) is 41.3 Å². The molecule has 2 aromatic heterocycles. The summed E-state index contributed by atoms with van der Waals surface area (Å²) in [6, 6.07) is 6.80. The van der Waals surface area contributed by atoms with E-state index in [4.69, 9.17) is 13.9 Å². The normalized spacial score (nSPS) is 10.5. The third-order valence-corrected chi connectivity index (χ3v) is 5.89. The number of amides is 2. The van der Waals surface area contributed by atoms with Crippen LogP contribution in [0.5, 0.6) is 11.5 Å². The van der Waals surface area contributed by atoms with E-state index in [0.717, 1.165) is 0 Å². The fraction of sp³-hybridized carbons (Fsp3) is 0.263. The van der Waals surface area contributed by atoms with E-state index in [2.05, 4.69) is 20.8 Å². The summed E-state index contributed by atoms with van der Waals surface area (Å²) in [5.41, 5.74) is 0.960. The molecule has 1 aromatic carbocycles. The van der Waals surface area contributed by atoms with Gasteiger partial charge in [0.25, 0.3) is 5.91 Å². The summed E-state index contributed by atoms with van der Waals surface area (Å²) in [5, 5.41) is 13.8. The number of rotatable bonds is 8. The number of carbonyl (C=O) groups excluding carboxylic acids is 2. The molecule has 0 radical (unpaired) electrons. The number of nitrogens with one attached hydrogen (secondary N) is 2. The zero-order chi connectivity index (χ0) is 21.7. The van der Waals surface area contributed by atoms with Gasteiger partial charge in [0.2, 0.25) is 11.0 Å². The van der Waals surface area contributed by atoms with Gasteiger partial charge >= 0.3 is 0 Å². The standard InChI is InChI=1S/C19H20N4O5S2/c1-10-7-13(11(2)28-10)17(25)21-18-22-23-19(30-18)29-9-16(24)20-14-8-12(26-3)5-6-15(14)27-4/h5-8H,9H2,1-4H3,(H,20,24)(H,21,22,25). The molecule has 30 heavy (non-hydrogen) atoms. The average Bonchev–Trinajstić information content (AvgIpc) is 3.31. The van der Waals surface area contributed by atoms with Crippen molar-refractivity contribution in [1.29, 1.82) is 0 Å². The lowest BCUT2D eigenvalue weighted by Gasteiger charge is -2.11. The Bertz CT molecular complexity index is 1060. The Labute approximate surface area is 181 Å². The highest BCUT2D eigenvalue weighted by Crippen LogP contribution is 2.30. The van der Waals surface area contributed by atoms with Gasteiger partial charge in [-0.2, -0.15) is 0 Å². The third kappa shape index (κ3) is 5.30. The number of hydrogen-bond acceptors (Lipinski definition) is 9. The fourth-order valence-electron chi connectivity index (χ4n) is 2.56. The van der Waals surface area contributed by atoms with Crippen molar-refractivity contribution in [2.24, 2.45) is 0 Å². The summed E-state index contributed by atoms with van der Waals surface area (Å²) >= 11 is 2.40. The molecule has 0 saturated heterocycles. The molecule has 0 bridgehead atoms. The van der Waals surface area contributed by atoms with Crippen molar-refractivity contribution in [1.82, 2.24) is 10.2 Å². The van der Waals surface area contributed by atoms with Crippen LogP contribution in [0.2, 0.25) is 0 Å². The van der Waals surface area contributed by atoms with Crippen molar-refractivity contribution < 1.29 is 23.5 Å². The molecule has 0 aliphatic carbocycles. The molecule has 3 aromatic rings. The van der Waals surface area contributed by atoms with Crippen LogP contribution in [0.1, 0.15) is 21.9 Å². The minimum absolute atomic E-state index is 0.114. The summed E-state index contributed by atoms with van der Waals surface area (Å²) in [6.07, 6.45) is 0. The number of benzene rings is 1. The zero-order valence-electron chi connectivity index (χ0n) is 16.8. The Morgan fingerprint density at radius 3 is 2.60 bits per heavy atom. The molecular formula is C19H20N4O5S2. The molecule has 3 rings (SSSR count). The van der Waals surface area contributed by atoms with E-state index < -0.39 is 0 Å². The lowest BCUT2D eigenvalue weighted by Crippen LogP contribution is -2.14. The molecular weight excluding hydrogens is 428 g/mol. The maximum atomic E-state index is 12.3. The van der Waals surface area contributed by atoms with Gasteiger partial charge in [-0.15, -0.1) is 10.2 Å². The lowest BCUT2D eigenvalue weighted by molar-refractivity contribution is -0.113. The number of anilines is 2. The number of hydrogen-bond donors (Lipinski definition) is 2. The predicted molar refractivity (Wildman–Crippen MR) is 115 cm³/mol. The van der Waals surface area contributed by atoms with Crippen LogP contribution in [0.15, 0.2) is 33.0 Å². The SMILES string of the molecule is COc1ccc(OC)c(NC(=O)CSc2nnc(NC(=O)c3cc(C)oc3C)s2)c1. The van der Waals surface area contributed by atoms with E-state index >= 15 is 0 Å². The second-order valence-electron chi connectivity index (χ2n) is 6.06. The maximum Gasteiger partial charge on any atom is 0.261 e. The third-order valence-electron chi connectivity index (χ3n) is 3.92. The topological polar surface area (TPSA) is 116 Å². The van der Waals surface area contributed by atoms with Gasteiger partial charge in [-0.05, 0) is 32.0 Å². The molecule has 2 N–H and O–H groups in total. The van der Waals surface area contributed by atoms with Crippen LogP contribution in [-0.4, -0.2) is 42.0 Å². The first-order valence-electron chi connectivity index (χ1n) is 8.76. The van der Waals surface area contributed by atoms with E-state index in [1.807, 2.05) is 0 Å². The van der Waals surface area contributed by atoms with Crippen LogP contribution in [0.4, 0.5) is 10.8 Å². The number of thioether (sulfide) groups is 1. The van der Waals surface area contributed by atoms with Crippen LogP contribution in [0.25, 0.3) is 0 Å². The number of aromatic nitrogens is 2. The number of carbonyl (C=O) groups is 2. The van der Waals surface area contributed by atoms with Crippen molar-refractivity contribution in [3.8, 4) is 11.5 Å². The molecule has 0 aliphatic rings. The van der Waals surface area contributed by atoms with E-state index in [-0.39, 0.29) is 17.6 Å². The minimum Gasteiger partial charge on any atom is -0.497 e. The maximum absolute atomic E-state index is 12.3. The van der Waals surface area contributed by atoms with Gasteiger partial charge in [0.15, 0.2) is 4.34 Å².